The Kier molecular flexibility index (Phi) is 9.09. The summed E-state index contributed by atoms with van der Waals surface area (Å²) in [5, 5.41) is 1.22. The highest BCUT2D eigenvalue weighted by atomic mass is 14.7. The fourth-order valence-electron chi connectivity index (χ4n) is 3.32. The molecule has 0 saturated heterocycles. The van der Waals surface area contributed by atoms with Gasteiger partial charge in [0.1, 0.15) is 0 Å². The zero-order valence-electron chi connectivity index (χ0n) is 22.4. The molecule has 0 aliphatic rings. The van der Waals surface area contributed by atoms with Gasteiger partial charge in [0, 0.05) is 41.3 Å². The highest BCUT2D eigenvalue weighted by molar-refractivity contribution is 5.82. The lowest BCUT2D eigenvalue weighted by Crippen LogP contribution is -2.12. The summed E-state index contributed by atoms with van der Waals surface area (Å²) in [6.07, 6.45) is 7.41. The first-order chi connectivity index (χ1) is 15.8. The minimum absolute atomic E-state index is 0.161. The van der Waals surface area contributed by atoms with Crippen LogP contribution >= 0.6 is 0 Å². The van der Waals surface area contributed by atoms with Crippen molar-refractivity contribution in [3.8, 4) is 0 Å². The van der Waals surface area contributed by atoms with Crippen LogP contribution in [0.15, 0.2) is 85.5 Å². The second-order valence-electron chi connectivity index (χ2n) is 11.6. The minimum Gasteiger partial charge on any atom is -0.264 e. The van der Waals surface area contributed by atoms with Crippen LogP contribution in [0.4, 0.5) is 0 Å². The molecular weight excluding hydrogens is 414 g/mol. The van der Waals surface area contributed by atoms with Crippen LogP contribution in [0, 0.1) is 0 Å². The molecule has 3 nitrogen and oxygen atoms in total. The van der Waals surface area contributed by atoms with Crippen LogP contribution in [0.5, 0.6) is 0 Å². The van der Waals surface area contributed by atoms with Crippen LogP contribution in [0.1, 0.15) is 79.1 Å². The first-order valence-electron chi connectivity index (χ1n) is 12.0. The maximum absolute atomic E-state index is 4.45. The molecule has 0 unspecified atom stereocenters. The molecule has 0 bridgehead atoms. The molecule has 34 heavy (non-hydrogen) atoms. The van der Waals surface area contributed by atoms with Gasteiger partial charge in [-0.15, -0.1) is 0 Å². The summed E-state index contributed by atoms with van der Waals surface area (Å²) in [6, 6.07) is 20.6. The van der Waals surface area contributed by atoms with Crippen molar-refractivity contribution in [1.82, 2.24) is 15.0 Å². The lowest BCUT2D eigenvalue weighted by molar-refractivity contribution is 0.569. The van der Waals surface area contributed by atoms with E-state index in [1.807, 2.05) is 42.9 Å². The number of para-hydroxylation sites is 1. The number of nitrogens with zero attached hydrogens (tertiary/aromatic N) is 3. The summed E-state index contributed by atoms with van der Waals surface area (Å²) >= 11 is 0. The average molecular weight is 456 g/mol. The highest BCUT2D eigenvalue weighted by Gasteiger charge is 2.17. The second-order valence-corrected chi connectivity index (χ2v) is 11.6. The van der Waals surface area contributed by atoms with Crippen LogP contribution < -0.4 is 0 Å². The van der Waals surface area contributed by atoms with E-state index in [0.29, 0.717) is 0 Å². The van der Waals surface area contributed by atoms with Crippen molar-refractivity contribution < 1.29 is 0 Å². The number of rotatable bonds is 0. The summed E-state index contributed by atoms with van der Waals surface area (Å²) in [5.41, 5.74) is 5.45. The smallest absolute Gasteiger partial charge is 0.0739 e. The molecule has 0 radical (unpaired) electrons. The van der Waals surface area contributed by atoms with Gasteiger partial charge in [-0.1, -0.05) is 98.7 Å². The van der Waals surface area contributed by atoms with Crippen molar-refractivity contribution >= 4 is 10.9 Å². The summed E-state index contributed by atoms with van der Waals surface area (Å²) in [6.45, 7) is 19.7. The predicted molar refractivity (Wildman–Crippen MR) is 146 cm³/mol. The van der Waals surface area contributed by atoms with Crippen molar-refractivity contribution in [3.63, 3.8) is 0 Å². The molecule has 3 aromatic heterocycles. The zero-order valence-corrected chi connectivity index (χ0v) is 22.4. The van der Waals surface area contributed by atoms with Gasteiger partial charge in [-0.25, -0.2) is 0 Å². The molecule has 0 atom stereocenters. The van der Waals surface area contributed by atoms with Gasteiger partial charge in [0.25, 0.3) is 0 Å². The summed E-state index contributed by atoms with van der Waals surface area (Å²) < 4.78 is 0. The van der Waals surface area contributed by atoms with Gasteiger partial charge in [-0.3, -0.25) is 15.0 Å². The van der Waals surface area contributed by atoms with E-state index in [2.05, 4.69) is 114 Å². The average Bonchev–Trinajstić information content (AvgIpc) is 2.79. The van der Waals surface area contributed by atoms with Crippen LogP contribution in [-0.4, -0.2) is 15.0 Å². The first kappa shape index (κ1) is 27.2. The Balaban J connectivity index is 0.000000185. The van der Waals surface area contributed by atoms with Crippen LogP contribution in [0.2, 0.25) is 0 Å². The lowest BCUT2D eigenvalue weighted by atomic mass is 9.85. The Morgan fingerprint density at radius 1 is 0.529 bits per heavy atom. The van der Waals surface area contributed by atoms with Gasteiger partial charge >= 0.3 is 0 Å². The maximum atomic E-state index is 4.45. The van der Waals surface area contributed by atoms with Gasteiger partial charge in [0.05, 0.1) is 5.52 Å². The molecule has 0 aliphatic carbocycles. The molecule has 0 saturated carbocycles. The minimum atomic E-state index is 0.161. The van der Waals surface area contributed by atoms with Crippen LogP contribution in [-0.2, 0) is 16.2 Å². The third-order valence-electron chi connectivity index (χ3n) is 5.40. The van der Waals surface area contributed by atoms with Crippen molar-refractivity contribution in [2.24, 2.45) is 0 Å². The van der Waals surface area contributed by atoms with Gasteiger partial charge in [-0.05, 0) is 46.2 Å². The number of benzene rings is 1. The standard InChI is InChI=1S/C13H15N.2C9H13N/c1-13(2,3)11-8-4-6-10-7-5-9-14-12(10)11;1-9(2,3)8-5-4-6-10-7-8;1-9(2,3)8-6-4-5-7-10-8/h4-9H,1-3H3;2*4-7H,1-3H3. The number of aromatic nitrogens is 3. The third kappa shape index (κ3) is 8.37. The number of fused-ring (bicyclic) bond motifs is 1. The Hall–Kier alpha value is -3.07. The van der Waals surface area contributed by atoms with Crippen molar-refractivity contribution in [2.45, 2.75) is 78.6 Å². The summed E-state index contributed by atoms with van der Waals surface area (Å²) in [4.78, 5) is 12.7. The Bertz CT molecular complexity index is 1080. The van der Waals surface area contributed by atoms with E-state index in [1.54, 1.807) is 6.20 Å². The molecule has 4 rings (SSSR count). The molecule has 0 amide bonds. The Morgan fingerprint density at radius 2 is 1.18 bits per heavy atom. The van der Waals surface area contributed by atoms with Gasteiger partial charge in [-0.2, -0.15) is 0 Å². The van der Waals surface area contributed by atoms with Crippen LogP contribution in [0.25, 0.3) is 10.9 Å². The van der Waals surface area contributed by atoms with E-state index >= 15 is 0 Å². The molecule has 3 heteroatoms. The number of hydrogen-bond acceptors (Lipinski definition) is 3. The lowest BCUT2D eigenvalue weighted by Gasteiger charge is -2.20. The molecule has 0 N–H and O–H groups in total. The van der Waals surface area contributed by atoms with E-state index in [9.17, 15) is 0 Å². The van der Waals surface area contributed by atoms with E-state index in [0.717, 1.165) is 11.2 Å². The largest absolute Gasteiger partial charge is 0.264 e. The number of pyridine rings is 3. The van der Waals surface area contributed by atoms with E-state index in [-0.39, 0.29) is 16.2 Å². The Labute approximate surface area is 206 Å². The van der Waals surface area contributed by atoms with E-state index in [1.165, 1.54) is 16.5 Å². The van der Waals surface area contributed by atoms with Crippen molar-refractivity contribution in [2.75, 3.05) is 0 Å². The van der Waals surface area contributed by atoms with Crippen molar-refractivity contribution in [1.29, 1.82) is 0 Å². The van der Waals surface area contributed by atoms with Crippen LogP contribution in [0.3, 0.4) is 0 Å². The molecule has 0 aliphatic heterocycles. The molecule has 0 fully saturated rings. The first-order valence-corrected chi connectivity index (χ1v) is 12.0. The molecule has 4 aromatic rings. The fourth-order valence-corrected chi connectivity index (χ4v) is 3.32. The normalized spacial score (nSPS) is 11.7. The molecule has 180 valence electrons. The highest BCUT2D eigenvalue weighted by Crippen LogP contribution is 2.28. The van der Waals surface area contributed by atoms with Gasteiger partial charge in [0.2, 0.25) is 0 Å². The summed E-state index contributed by atoms with van der Waals surface area (Å²) in [5.74, 6) is 0. The molecule has 1 aromatic carbocycles. The third-order valence-corrected chi connectivity index (χ3v) is 5.40. The quantitative estimate of drug-likeness (QED) is 0.268. The molecular formula is C31H41N3. The van der Waals surface area contributed by atoms with Crippen molar-refractivity contribution in [3.05, 3.63) is 102 Å². The maximum Gasteiger partial charge on any atom is 0.0739 e. The Morgan fingerprint density at radius 3 is 1.65 bits per heavy atom. The SMILES string of the molecule is CC(C)(C)c1cccc2cccnc12.CC(C)(C)c1ccccn1.CC(C)(C)c1cccnc1. The fraction of sp³-hybridized carbons (Fsp3) is 0.387. The van der Waals surface area contributed by atoms with Gasteiger partial charge in [0.15, 0.2) is 0 Å². The molecule has 0 spiro atoms. The van der Waals surface area contributed by atoms with Gasteiger partial charge < -0.3 is 0 Å². The topological polar surface area (TPSA) is 38.7 Å². The number of hydrogen-bond donors (Lipinski definition) is 0. The second kappa shape index (κ2) is 11.4. The van der Waals surface area contributed by atoms with E-state index in [4.69, 9.17) is 0 Å². The monoisotopic (exact) mass is 455 g/mol. The summed E-state index contributed by atoms with van der Waals surface area (Å²) in [7, 11) is 0. The predicted octanol–water partition coefficient (Wildman–Crippen LogP) is 8.29. The van der Waals surface area contributed by atoms with E-state index < -0.39 is 0 Å². The molecule has 3 heterocycles. The zero-order chi connectivity index (χ0) is 25.4.